The lowest BCUT2D eigenvalue weighted by atomic mass is 10.2. The molecule has 0 unspecified atom stereocenters. The fourth-order valence-corrected chi connectivity index (χ4v) is 2.84. The number of likely N-dealkylation sites (tertiary alicyclic amines) is 1. The first-order valence-electron chi connectivity index (χ1n) is 8.54. The van der Waals surface area contributed by atoms with Crippen LogP contribution in [-0.4, -0.2) is 37.7 Å². The number of nitrogens with zero attached hydrogens (tertiary/aromatic N) is 1. The SMILES string of the molecule is CCCNCc1ccccc1OCCN1CCCCCC1. The second kappa shape index (κ2) is 9.80. The Hall–Kier alpha value is -1.06. The van der Waals surface area contributed by atoms with Crippen LogP contribution in [0.4, 0.5) is 0 Å². The van der Waals surface area contributed by atoms with Crippen molar-refractivity contribution in [3.63, 3.8) is 0 Å². The van der Waals surface area contributed by atoms with Gasteiger partial charge in [0, 0.05) is 18.7 Å². The molecule has 1 aliphatic heterocycles. The molecule has 1 aromatic carbocycles. The molecular formula is C18H30N2O. The molecule has 0 aliphatic carbocycles. The summed E-state index contributed by atoms with van der Waals surface area (Å²) in [7, 11) is 0. The molecule has 1 heterocycles. The third kappa shape index (κ3) is 6.06. The van der Waals surface area contributed by atoms with Crippen LogP contribution in [0.2, 0.25) is 0 Å². The third-order valence-corrected chi connectivity index (χ3v) is 4.08. The molecule has 0 bridgehead atoms. The maximum Gasteiger partial charge on any atom is 0.123 e. The molecule has 0 amide bonds. The molecule has 1 saturated heterocycles. The average molecular weight is 290 g/mol. The van der Waals surface area contributed by atoms with E-state index in [9.17, 15) is 0 Å². The molecule has 0 saturated carbocycles. The highest BCUT2D eigenvalue weighted by Gasteiger charge is 2.09. The van der Waals surface area contributed by atoms with Crippen molar-refractivity contribution in [3.05, 3.63) is 29.8 Å². The Morgan fingerprint density at radius 1 is 1.10 bits per heavy atom. The van der Waals surface area contributed by atoms with Crippen molar-refractivity contribution in [3.8, 4) is 5.75 Å². The molecule has 0 spiro atoms. The zero-order valence-electron chi connectivity index (χ0n) is 13.4. The lowest BCUT2D eigenvalue weighted by Gasteiger charge is -2.20. The summed E-state index contributed by atoms with van der Waals surface area (Å²) in [5, 5.41) is 3.45. The van der Waals surface area contributed by atoms with E-state index >= 15 is 0 Å². The van der Waals surface area contributed by atoms with E-state index in [1.54, 1.807) is 0 Å². The van der Waals surface area contributed by atoms with Crippen LogP contribution in [0, 0.1) is 0 Å². The Labute approximate surface area is 129 Å². The number of nitrogens with one attached hydrogen (secondary N) is 1. The maximum absolute atomic E-state index is 6.03. The molecule has 1 aromatic rings. The molecule has 3 nitrogen and oxygen atoms in total. The maximum atomic E-state index is 6.03. The number of rotatable bonds is 8. The van der Waals surface area contributed by atoms with Gasteiger partial charge in [0.2, 0.25) is 0 Å². The Morgan fingerprint density at radius 2 is 1.86 bits per heavy atom. The second-order valence-corrected chi connectivity index (χ2v) is 5.89. The van der Waals surface area contributed by atoms with Crippen LogP contribution in [0.25, 0.3) is 0 Å². The van der Waals surface area contributed by atoms with Crippen LogP contribution in [0.5, 0.6) is 5.75 Å². The van der Waals surface area contributed by atoms with Gasteiger partial charge in [-0.05, 0) is 45.0 Å². The number of ether oxygens (including phenoxy) is 1. The summed E-state index contributed by atoms with van der Waals surface area (Å²) in [5.41, 5.74) is 1.27. The van der Waals surface area contributed by atoms with Gasteiger partial charge in [-0.25, -0.2) is 0 Å². The van der Waals surface area contributed by atoms with E-state index in [0.717, 1.165) is 38.4 Å². The van der Waals surface area contributed by atoms with Crippen LogP contribution >= 0.6 is 0 Å². The minimum absolute atomic E-state index is 0.796. The molecule has 0 atom stereocenters. The normalized spacial score (nSPS) is 16.6. The minimum Gasteiger partial charge on any atom is -0.492 e. The third-order valence-electron chi connectivity index (χ3n) is 4.08. The van der Waals surface area contributed by atoms with Crippen LogP contribution in [-0.2, 0) is 6.54 Å². The predicted octanol–water partition coefficient (Wildman–Crippen LogP) is 3.44. The van der Waals surface area contributed by atoms with E-state index in [0.29, 0.717) is 0 Å². The molecule has 0 radical (unpaired) electrons. The molecule has 21 heavy (non-hydrogen) atoms. The van der Waals surface area contributed by atoms with Gasteiger partial charge in [0.05, 0.1) is 0 Å². The average Bonchev–Trinajstić information content (AvgIpc) is 2.78. The number of hydrogen-bond acceptors (Lipinski definition) is 3. The van der Waals surface area contributed by atoms with E-state index in [4.69, 9.17) is 4.74 Å². The van der Waals surface area contributed by atoms with Gasteiger partial charge in [-0.1, -0.05) is 38.0 Å². The summed E-state index contributed by atoms with van der Waals surface area (Å²) >= 11 is 0. The standard InChI is InChI=1S/C18H30N2O/c1-2-11-19-16-17-9-5-6-10-18(17)21-15-14-20-12-7-3-4-8-13-20/h5-6,9-10,19H,2-4,7-8,11-16H2,1H3. The molecular weight excluding hydrogens is 260 g/mol. The number of benzene rings is 1. The lowest BCUT2D eigenvalue weighted by molar-refractivity contribution is 0.213. The molecule has 1 fully saturated rings. The highest BCUT2D eigenvalue weighted by molar-refractivity contribution is 5.33. The van der Waals surface area contributed by atoms with Crippen molar-refractivity contribution in [2.45, 2.75) is 45.6 Å². The van der Waals surface area contributed by atoms with E-state index in [-0.39, 0.29) is 0 Å². The van der Waals surface area contributed by atoms with Gasteiger partial charge in [0.25, 0.3) is 0 Å². The van der Waals surface area contributed by atoms with Crippen molar-refractivity contribution in [2.75, 3.05) is 32.8 Å². The van der Waals surface area contributed by atoms with Crippen molar-refractivity contribution in [1.29, 1.82) is 0 Å². The van der Waals surface area contributed by atoms with Gasteiger partial charge >= 0.3 is 0 Å². The quantitative estimate of drug-likeness (QED) is 0.742. The van der Waals surface area contributed by atoms with Crippen LogP contribution in [0.1, 0.15) is 44.6 Å². The first-order chi connectivity index (χ1) is 10.4. The van der Waals surface area contributed by atoms with Crippen LogP contribution < -0.4 is 10.1 Å². The smallest absolute Gasteiger partial charge is 0.123 e. The zero-order valence-corrected chi connectivity index (χ0v) is 13.4. The number of hydrogen-bond donors (Lipinski definition) is 1. The molecule has 118 valence electrons. The first kappa shape index (κ1) is 16.3. The molecule has 1 N–H and O–H groups in total. The number of para-hydroxylation sites is 1. The Morgan fingerprint density at radius 3 is 2.62 bits per heavy atom. The molecule has 1 aliphatic rings. The predicted molar refractivity (Wildman–Crippen MR) is 88.8 cm³/mol. The Kier molecular flexibility index (Phi) is 7.61. The largest absolute Gasteiger partial charge is 0.492 e. The summed E-state index contributed by atoms with van der Waals surface area (Å²) in [6.45, 7) is 8.47. The first-order valence-corrected chi connectivity index (χ1v) is 8.54. The van der Waals surface area contributed by atoms with Crippen LogP contribution in [0.3, 0.4) is 0 Å². The monoisotopic (exact) mass is 290 g/mol. The van der Waals surface area contributed by atoms with E-state index in [2.05, 4.69) is 41.4 Å². The van der Waals surface area contributed by atoms with Crippen molar-refractivity contribution < 1.29 is 4.74 Å². The van der Waals surface area contributed by atoms with Crippen molar-refractivity contribution in [2.24, 2.45) is 0 Å². The Balaban J connectivity index is 1.76. The van der Waals surface area contributed by atoms with Crippen molar-refractivity contribution >= 4 is 0 Å². The topological polar surface area (TPSA) is 24.5 Å². The minimum atomic E-state index is 0.796. The van der Waals surface area contributed by atoms with Gasteiger partial charge in [0.1, 0.15) is 12.4 Å². The lowest BCUT2D eigenvalue weighted by Crippen LogP contribution is -2.29. The summed E-state index contributed by atoms with van der Waals surface area (Å²) in [6.07, 6.45) is 6.64. The van der Waals surface area contributed by atoms with Gasteiger partial charge in [-0.2, -0.15) is 0 Å². The highest BCUT2D eigenvalue weighted by atomic mass is 16.5. The second-order valence-electron chi connectivity index (χ2n) is 5.89. The van der Waals surface area contributed by atoms with Gasteiger partial charge in [-0.15, -0.1) is 0 Å². The van der Waals surface area contributed by atoms with Crippen molar-refractivity contribution in [1.82, 2.24) is 10.2 Å². The van der Waals surface area contributed by atoms with Gasteiger partial charge < -0.3 is 10.1 Å². The van der Waals surface area contributed by atoms with Crippen LogP contribution in [0.15, 0.2) is 24.3 Å². The van der Waals surface area contributed by atoms with E-state index in [1.165, 1.54) is 44.3 Å². The van der Waals surface area contributed by atoms with E-state index < -0.39 is 0 Å². The summed E-state index contributed by atoms with van der Waals surface area (Å²) < 4.78 is 6.03. The van der Waals surface area contributed by atoms with Gasteiger partial charge in [0.15, 0.2) is 0 Å². The molecule has 3 heteroatoms. The highest BCUT2D eigenvalue weighted by Crippen LogP contribution is 2.18. The van der Waals surface area contributed by atoms with E-state index in [1.807, 2.05) is 0 Å². The fourth-order valence-electron chi connectivity index (χ4n) is 2.84. The van der Waals surface area contributed by atoms with Gasteiger partial charge in [-0.3, -0.25) is 4.90 Å². The molecule has 0 aromatic heterocycles. The summed E-state index contributed by atoms with van der Waals surface area (Å²) in [4.78, 5) is 2.55. The molecule has 2 rings (SSSR count). The zero-order chi connectivity index (χ0) is 14.8. The summed E-state index contributed by atoms with van der Waals surface area (Å²) in [6, 6.07) is 8.39. The Bertz CT molecular complexity index is 387. The summed E-state index contributed by atoms with van der Waals surface area (Å²) in [5.74, 6) is 1.04. The fraction of sp³-hybridized carbons (Fsp3) is 0.667.